The Morgan fingerprint density at radius 3 is 2.42 bits per heavy atom. The second-order valence-corrected chi connectivity index (χ2v) is 7.14. The number of nitro groups is 1. The number of alkyl carbamates (subject to hydrolysis) is 1. The van der Waals surface area contributed by atoms with Gasteiger partial charge in [0.05, 0.1) is 17.0 Å². The van der Waals surface area contributed by atoms with Crippen LogP contribution in [0.5, 0.6) is 0 Å². The van der Waals surface area contributed by atoms with Crippen molar-refractivity contribution in [1.29, 1.82) is 0 Å². The fraction of sp³-hybridized carbons (Fsp3) is 0.130. The van der Waals surface area contributed by atoms with Gasteiger partial charge in [-0.2, -0.15) is 0 Å². The van der Waals surface area contributed by atoms with Crippen molar-refractivity contribution in [3.05, 3.63) is 92.8 Å². The van der Waals surface area contributed by atoms with E-state index in [0.29, 0.717) is 0 Å². The van der Waals surface area contributed by atoms with Gasteiger partial charge in [-0.25, -0.2) is 4.79 Å². The van der Waals surface area contributed by atoms with E-state index in [1.807, 2.05) is 36.4 Å². The minimum absolute atomic E-state index is 0.00427. The average Bonchev–Trinajstić information content (AvgIpc) is 3.10. The maximum atomic E-state index is 12.1. The van der Waals surface area contributed by atoms with Crippen molar-refractivity contribution in [2.24, 2.45) is 0 Å². The zero-order valence-electron chi connectivity index (χ0n) is 16.2. The van der Waals surface area contributed by atoms with E-state index >= 15 is 0 Å². The lowest BCUT2D eigenvalue weighted by Gasteiger charge is -2.14. The molecule has 1 aromatic heterocycles. The Bertz CT molecular complexity index is 1190. The van der Waals surface area contributed by atoms with Gasteiger partial charge in [-0.3, -0.25) is 15.1 Å². The molecule has 0 bridgehead atoms. The minimum atomic E-state index is -0.630. The predicted molar refractivity (Wildman–Crippen MR) is 116 cm³/mol. The molecular formula is C23H16ClN3O4. The smallest absolute Gasteiger partial charge is 0.407 e. The van der Waals surface area contributed by atoms with Crippen LogP contribution in [0, 0.1) is 22.0 Å². The molecule has 1 heterocycles. The first-order valence-electron chi connectivity index (χ1n) is 9.42. The molecule has 1 amide bonds. The van der Waals surface area contributed by atoms with Crippen LogP contribution in [0.25, 0.3) is 11.1 Å². The van der Waals surface area contributed by atoms with E-state index in [-0.39, 0.29) is 35.3 Å². The van der Waals surface area contributed by atoms with E-state index in [4.69, 9.17) is 16.3 Å². The highest BCUT2D eigenvalue weighted by Crippen LogP contribution is 2.44. The van der Waals surface area contributed by atoms with Gasteiger partial charge in [-0.1, -0.05) is 72.0 Å². The van der Waals surface area contributed by atoms with Crippen molar-refractivity contribution in [1.82, 2.24) is 10.3 Å². The lowest BCUT2D eigenvalue weighted by Crippen LogP contribution is -2.26. The summed E-state index contributed by atoms with van der Waals surface area (Å²) in [6.07, 6.45) is 1.79. The van der Waals surface area contributed by atoms with Gasteiger partial charge in [-0.15, -0.1) is 0 Å². The van der Waals surface area contributed by atoms with Crippen molar-refractivity contribution in [3.63, 3.8) is 0 Å². The van der Waals surface area contributed by atoms with E-state index in [1.54, 1.807) is 0 Å². The van der Waals surface area contributed by atoms with Gasteiger partial charge in [0, 0.05) is 12.1 Å². The summed E-state index contributed by atoms with van der Waals surface area (Å²) >= 11 is 5.95. The molecule has 31 heavy (non-hydrogen) atoms. The summed E-state index contributed by atoms with van der Waals surface area (Å²) in [6, 6.07) is 16.2. The molecule has 0 unspecified atom stereocenters. The molecule has 1 N–H and O–H groups in total. The quantitative estimate of drug-likeness (QED) is 0.370. The van der Waals surface area contributed by atoms with Gasteiger partial charge in [0.25, 0.3) is 0 Å². The normalized spacial score (nSPS) is 11.6. The Balaban J connectivity index is 1.36. The van der Waals surface area contributed by atoms with Crippen molar-refractivity contribution in [2.45, 2.75) is 5.92 Å². The number of nitrogens with zero attached hydrogens (tertiary/aromatic N) is 2. The number of pyridine rings is 1. The SMILES string of the molecule is O=C(NCC#Cc1cncc([N+](=O)[O-])c1Cl)OCC1c2ccccc2-c2ccccc21. The largest absolute Gasteiger partial charge is 0.449 e. The van der Waals surface area contributed by atoms with Gasteiger partial charge >= 0.3 is 11.8 Å². The monoisotopic (exact) mass is 433 g/mol. The summed E-state index contributed by atoms with van der Waals surface area (Å²) in [5.74, 6) is 5.33. The minimum Gasteiger partial charge on any atom is -0.449 e. The topological polar surface area (TPSA) is 94.4 Å². The Hall–Kier alpha value is -3.89. The van der Waals surface area contributed by atoms with E-state index in [1.165, 1.54) is 6.20 Å². The molecule has 0 spiro atoms. The number of nitrogens with one attached hydrogen (secondary N) is 1. The third kappa shape index (κ3) is 4.20. The number of hydrogen-bond acceptors (Lipinski definition) is 5. The van der Waals surface area contributed by atoms with Crippen LogP contribution in [-0.2, 0) is 4.74 Å². The van der Waals surface area contributed by atoms with E-state index < -0.39 is 11.0 Å². The van der Waals surface area contributed by atoms with Crippen LogP contribution in [0.15, 0.2) is 60.9 Å². The second kappa shape index (κ2) is 8.86. The molecule has 3 aromatic rings. The van der Waals surface area contributed by atoms with E-state index in [9.17, 15) is 14.9 Å². The highest BCUT2D eigenvalue weighted by molar-refractivity contribution is 6.33. The molecule has 4 rings (SSSR count). The lowest BCUT2D eigenvalue weighted by molar-refractivity contribution is -0.385. The number of hydrogen-bond donors (Lipinski definition) is 1. The zero-order chi connectivity index (χ0) is 21.8. The van der Waals surface area contributed by atoms with Crippen LogP contribution in [0.4, 0.5) is 10.5 Å². The molecular weight excluding hydrogens is 418 g/mol. The van der Waals surface area contributed by atoms with Crippen LogP contribution in [0.3, 0.4) is 0 Å². The number of halogens is 1. The fourth-order valence-electron chi connectivity index (χ4n) is 3.55. The number of benzene rings is 2. The second-order valence-electron chi connectivity index (χ2n) is 6.76. The van der Waals surface area contributed by atoms with Crippen LogP contribution in [0.2, 0.25) is 5.02 Å². The van der Waals surface area contributed by atoms with Gasteiger partial charge in [0.1, 0.15) is 17.8 Å². The van der Waals surface area contributed by atoms with Crippen LogP contribution >= 0.6 is 11.6 Å². The van der Waals surface area contributed by atoms with Crippen LogP contribution < -0.4 is 5.32 Å². The molecule has 0 atom stereocenters. The number of amides is 1. The molecule has 0 fully saturated rings. The Labute approximate surface area is 183 Å². The van der Waals surface area contributed by atoms with E-state index in [0.717, 1.165) is 28.5 Å². The zero-order valence-corrected chi connectivity index (χ0v) is 16.9. The summed E-state index contributed by atoms with van der Waals surface area (Å²) in [5.41, 5.74) is 4.46. The number of carbonyl (C=O) groups is 1. The first kappa shape index (κ1) is 20.4. The molecule has 8 heteroatoms. The average molecular weight is 434 g/mol. The first-order chi connectivity index (χ1) is 15.1. The molecule has 1 aliphatic rings. The van der Waals surface area contributed by atoms with Crippen molar-refractivity contribution < 1.29 is 14.5 Å². The maximum Gasteiger partial charge on any atom is 0.407 e. The highest BCUT2D eigenvalue weighted by Gasteiger charge is 2.28. The Morgan fingerprint density at radius 2 is 1.77 bits per heavy atom. The number of ether oxygens (including phenoxy) is 1. The van der Waals surface area contributed by atoms with Crippen LogP contribution in [-0.4, -0.2) is 29.2 Å². The summed E-state index contributed by atoms with van der Waals surface area (Å²) in [4.78, 5) is 26.1. The molecule has 0 aliphatic heterocycles. The lowest BCUT2D eigenvalue weighted by atomic mass is 9.98. The predicted octanol–water partition coefficient (Wildman–Crippen LogP) is 4.53. The Morgan fingerprint density at radius 1 is 1.13 bits per heavy atom. The summed E-state index contributed by atoms with van der Waals surface area (Å²) < 4.78 is 5.42. The molecule has 0 radical (unpaired) electrons. The summed E-state index contributed by atoms with van der Waals surface area (Å²) in [6.45, 7) is 0.198. The van der Waals surface area contributed by atoms with E-state index in [2.05, 4.69) is 34.3 Å². The molecule has 154 valence electrons. The highest BCUT2D eigenvalue weighted by atomic mass is 35.5. The molecule has 7 nitrogen and oxygen atoms in total. The third-order valence-corrected chi connectivity index (χ3v) is 5.34. The number of fused-ring (bicyclic) bond motifs is 3. The molecule has 0 saturated carbocycles. The fourth-order valence-corrected chi connectivity index (χ4v) is 3.77. The number of carbonyl (C=O) groups excluding carboxylic acids is 1. The maximum absolute atomic E-state index is 12.1. The van der Waals surface area contributed by atoms with Gasteiger partial charge in [0.15, 0.2) is 0 Å². The van der Waals surface area contributed by atoms with Crippen molar-refractivity contribution in [3.8, 4) is 23.0 Å². The standard InChI is InChI=1S/C23H16ClN3O4/c24-22-15(12-25-13-21(22)27(29)30)6-5-11-26-23(28)31-14-20-18-9-3-1-7-16(18)17-8-2-4-10-19(17)20/h1-4,7-10,12-13,20H,11,14H2,(H,26,28). The van der Waals surface area contributed by atoms with Crippen molar-refractivity contribution in [2.75, 3.05) is 13.2 Å². The molecule has 1 aliphatic carbocycles. The van der Waals surface area contributed by atoms with Gasteiger partial charge in [0.2, 0.25) is 0 Å². The molecule has 0 saturated heterocycles. The number of aromatic nitrogens is 1. The first-order valence-corrected chi connectivity index (χ1v) is 9.79. The summed E-state index contributed by atoms with van der Waals surface area (Å²) in [7, 11) is 0. The summed E-state index contributed by atoms with van der Waals surface area (Å²) in [5, 5.41) is 13.3. The third-order valence-electron chi connectivity index (χ3n) is 4.95. The van der Waals surface area contributed by atoms with Crippen LogP contribution in [0.1, 0.15) is 22.6 Å². The Kier molecular flexibility index (Phi) is 5.83. The van der Waals surface area contributed by atoms with Gasteiger partial charge in [-0.05, 0) is 22.3 Å². The van der Waals surface area contributed by atoms with Gasteiger partial charge < -0.3 is 10.1 Å². The van der Waals surface area contributed by atoms with Crippen molar-refractivity contribution >= 4 is 23.4 Å². The number of rotatable bonds is 4. The molecule has 2 aromatic carbocycles.